The van der Waals surface area contributed by atoms with Crippen molar-refractivity contribution in [3.8, 4) is 10.6 Å². The van der Waals surface area contributed by atoms with Gasteiger partial charge < -0.3 is 10.0 Å². The number of likely N-dealkylation sites (tertiary alicyclic amines) is 1. The van der Waals surface area contributed by atoms with E-state index in [0.717, 1.165) is 34.0 Å². The summed E-state index contributed by atoms with van der Waals surface area (Å²) in [6, 6.07) is 8.37. The minimum Gasteiger partial charge on any atom is -0.393 e. The van der Waals surface area contributed by atoms with E-state index in [9.17, 15) is 9.90 Å². The van der Waals surface area contributed by atoms with Crippen molar-refractivity contribution >= 4 is 17.2 Å². The van der Waals surface area contributed by atoms with Gasteiger partial charge in [0.05, 0.1) is 11.8 Å². The number of benzene rings is 1. The second-order valence-electron chi connectivity index (χ2n) is 6.52. The van der Waals surface area contributed by atoms with Crippen molar-refractivity contribution in [2.75, 3.05) is 13.1 Å². The number of aliphatic hydroxyl groups is 1. The van der Waals surface area contributed by atoms with Crippen molar-refractivity contribution in [1.82, 2.24) is 9.88 Å². The van der Waals surface area contributed by atoms with Crippen LogP contribution in [0.3, 0.4) is 0 Å². The van der Waals surface area contributed by atoms with Gasteiger partial charge in [0, 0.05) is 24.6 Å². The van der Waals surface area contributed by atoms with Crippen molar-refractivity contribution in [2.45, 2.75) is 39.7 Å². The Morgan fingerprint density at radius 2 is 2.12 bits per heavy atom. The van der Waals surface area contributed by atoms with Gasteiger partial charge in [-0.05, 0) is 32.3 Å². The molecular weight excluding hydrogens is 320 g/mol. The van der Waals surface area contributed by atoms with Crippen LogP contribution in [0, 0.1) is 12.8 Å². The molecule has 1 aromatic carbocycles. The molecule has 2 unspecified atom stereocenters. The van der Waals surface area contributed by atoms with Gasteiger partial charge in [-0.3, -0.25) is 4.79 Å². The Morgan fingerprint density at radius 1 is 1.42 bits per heavy atom. The highest BCUT2D eigenvalue weighted by Crippen LogP contribution is 2.30. The first-order valence-electron chi connectivity index (χ1n) is 8.53. The number of aromatic nitrogens is 1. The molecule has 2 atom stereocenters. The lowest BCUT2D eigenvalue weighted by atomic mass is 10.0. The molecule has 0 saturated carbocycles. The summed E-state index contributed by atoms with van der Waals surface area (Å²) in [7, 11) is 0. The number of hydrogen-bond donors (Lipinski definition) is 1. The number of rotatable bonds is 4. The van der Waals surface area contributed by atoms with Crippen LogP contribution in [0.5, 0.6) is 0 Å². The van der Waals surface area contributed by atoms with Crippen molar-refractivity contribution in [1.29, 1.82) is 0 Å². The standard InChI is InChI=1S/C19H24N2O2S/c1-4-14-5-7-15(8-6-14)18-20-12(2)17(24-18)19(23)21-10-9-16(11-21)13(3)22/h5-8,13,16,22H,4,9-11H2,1-3H3. The van der Waals surface area contributed by atoms with Gasteiger partial charge in [-0.2, -0.15) is 0 Å². The fourth-order valence-electron chi connectivity index (χ4n) is 3.11. The second-order valence-corrected chi connectivity index (χ2v) is 7.52. The minimum atomic E-state index is -0.363. The maximum absolute atomic E-state index is 12.8. The summed E-state index contributed by atoms with van der Waals surface area (Å²) in [5.74, 6) is 0.229. The molecule has 3 rings (SSSR count). The maximum Gasteiger partial charge on any atom is 0.265 e. The predicted molar refractivity (Wildman–Crippen MR) is 97.4 cm³/mol. The molecule has 4 nitrogen and oxygen atoms in total. The first kappa shape index (κ1) is 17.1. The zero-order valence-electron chi connectivity index (χ0n) is 14.5. The number of thiazole rings is 1. The molecule has 0 spiro atoms. The Labute approximate surface area is 147 Å². The minimum absolute atomic E-state index is 0.0459. The maximum atomic E-state index is 12.8. The lowest BCUT2D eigenvalue weighted by molar-refractivity contribution is 0.0766. The summed E-state index contributed by atoms with van der Waals surface area (Å²) < 4.78 is 0. The molecule has 1 saturated heterocycles. The Morgan fingerprint density at radius 3 is 2.71 bits per heavy atom. The van der Waals surface area contributed by atoms with Crippen LogP contribution in [-0.4, -0.2) is 40.1 Å². The van der Waals surface area contributed by atoms with Crippen LogP contribution in [0.1, 0.15) is 41.2 Å². The number of amides is 1. The van der Waals surface area contributed by atoms with E-state index < -0.39 is 0 Å². The fraction of sp³-hybridized carbons (Fsp3) is 0.474. The molecule has 1 aliphatic rings. The van der Waals surface area contributed by atoms with Crippen LogP contribution in [0.4, 0.5) is 0 Å². The van der Waals surface area contributed by atoms with Gasteiger partial charge in [0.2, 0.25) is 0 Å². The first-order chi connectivity index (χ1) is 11.5. The second kappa shape index (κ2) is 7.03. The lowest BCUT2D eigenvalue weighted by Gasteiger charge is -2.17. The van der Waals surface area contributed by atoms with Crippen molar-refractivity contribution in [2.24, 2.45) is 5.92 Å². The van der Waals surface area contributed by atoms with Crippen LogP contribution in [0.25, 0.3) is 10.6 Å². The number of carbonyl (C=O) groups excluding carboxylic acids is 1. The van der Waals surface area contributed by atoms with E-state index in [1.165, 1.54) is 16.9 Å². The molecule has 128 valence electrons. The molecule has 0 radical (unpaired) electrons. The summed E-state index contributed by atoms with van der Waals surface area (Å²) in [5, 5.41) is 10.6. The van der Waals surface area contributed by atoms with Gasteiger partial charge in [-0.15, -0.1) is 11.3 Å². The summed E-state index contributed by atoms with van der Waals surface area (Å²) in [6.45, 7) is 7.18. The van der Waals surface area contributed by atoms with Crippen molar-refractivity contribution in [3.05, 3.63) is 40.4 Å². The SMILES string of the molecule is CCc1ccc(-c2nc(C)c(C(=O)N3CCC(C(C)O)C3)s2)cc1. The molecule has 1 aliphatic heterocycles. The third-order valence-corrected chi connectivity index (χ3v) is 5.99. The molecule has 2 heterocycles. The largest absolute Gasteiger partial charge is 0.393 e. The van der Waals surface area contributed by atoms with E-state index in [4.69, 9.17) is 0 Å². The Bertz CT molecular complexity index is 721. The third-order valence-electron chi connectivity index (χ3n) is 4.79. The summed E-state index contributed by atoms with van der Waals surface area (Å²) >= 11 is 1.47. The molecule has 0 bridgehead atoms. The zero-order valence-corrected chi connectivity index (χ0v) is 15.3. The topological polar surface area (TPSA) is 53.4 Å². The Kier molecular flexibility index (Phi) is 5.01. The van der Waals surface area contributed by atoms with Gasteiger partial charge in [-0.1, -0.05) is 31.2 Å². The molecule has 1 fully saturated rings. The van der Waals surface area contributed by atoms with Crippen LogP contribution >= 0.6 is 11.3 Å². The van der Waals surface area contributed by atoms with E-state index in [2.05, 4.69) is 36.2 Å². The van der Waals surface area contributed by atoms with Gasteiger partial charge in [0.15, 0.2) is 0 Å². The average molecular weight is 344 g/mol. The van der Waals surface area contributed by atoms with Crippen LogP contribution < -0.4 is 0 Å². The average Bonchev–Trinajstić information content (AvgIpc) is 3.21. The van der Waals surface area contributed by atoms with E-state index in [-0.39, 0.29) is 17.9 Å². The van der Waals surface area contributed by atoms with Crippen LogP contribution in [0.2, 0.25) is 0 Å². The van der Waals surface area contributed by atoms with Crippen LogP contribution in [0.15, 0.2) is 24.3 Å². The molecule has 24 heavy (non-hydrogen) atoms. The zero-order chi connectivity index (χ0) is 17.3. The smallest absolute Gasteiger partial charge is 0.265 e. The van der Waals surface area contributed by atoms with Crippen LogP contribution in [-0.2, 0) is 6.42 Å². The van der Waals surface area contributed by atoms with Gasteiger partial charge in [0.25, 0.3) is 5.91 Å². The van der Waals surface area contributed by atoms with Crippen molar-refractivity contribution < 1.29 is 9.90 Å². The molecule has 5 heteroatoms. The number of nitrogens with zero attached hydrogens (tertiary/aromatic N) is 2. The van der Waals surface area contributed by atoms with E-state index in [1.807, 2.05) is 11.8 Å². The van der Waals surface area contributed by atoms with Crippen molar-refractivity contribution in [3.63, 3.8) is 0 Å². The Balaban J connectivity index is 1.79. The third kappa shape index (κ3) is 3.37. The molecule has 1 amide bonds. The highest BCUT2D eigenvalue weighted by molar-refractivity contribution is 7.17. The summed E-state index contributed by atoms with van der Waals surface area (Å²) in [5.41, 5.74) is 3.15. The Hall–Kier alpha value is -1.72. The van der Waals surface area contributed by atoms with E-state index >= 15 is 0 Å². The number of aliphatic hydroxyl groups excluding tert-OH is 1. The monoisotopic (exact) mass is 344 g/mol. The predicted octanol–water partition coefficient (Wildman–Crippen LogP) is 3.52. The molecule has 2 aromatic rings. The fourth-order valence-corrected chi connectivity index (χ4v) is 4.15. The lowest BCUT2D eigenvalue weighted by Crippen LogP contribution is -2.30. The van der Waals surface area contributed by atoms with Gasteiger partial charge in [0.1, 0.15) is 9.88 Å². The summed E-state index contributed by atoms with van der Waals surface area (Å²) in [6.07, 6.45) is 1.52. The molecule has 1 N–H and O–H groups in total. The van der Waals surface area contributed by atoms with E-state index in [0.29, 0.717) is 13.1 Å². The number of carbonyl (C=O) groups is 1. The highest BCUT2D eigenvalue weighted by atomic mass is 32.1. The quantitative estimate of drug-likeness (QED) is 0.923. The normalized spacial score (nSPS) is 18.8. The molecule has 0 aliphatic carbocycles. The van der Waals surface area contributed by atoms with E-state index in [1.54, 1.807) is 6.92 Å². The molecule has 1 aromatic heterocycles. The summed E-state index contributed by atoms with van der Waals surface area (Å²) in [4.78, 5) is 20.0. The molecular formula is C19H24N2O2S. The highest BCUT2D eigenvalue weighted by Gasteiger charge is 2.31. The van der Waals surface area contributed by atoms with Gasteiger partial charge in [-0.25, -0.2) is 4.98 Å². The number of aryl methyl sites for hydroxylation is 2. The number of hydrogen-bond acceptors (Lipinski definition) is 4. The first-order valence-corrected chi connectivity index (χ1v) is 9.35. The van der Waals surface area contributed by atoms with Gasteiger partial charge >= 0.3 is 0 Å².